The lowest BCUT2D eigenvalue weighted by Gasteiger charge is -2.61. The molecule has 0 unspecified atom stereocenters. The average molecular weight is 687 g/mol. The van der Waals surface area contributed by atoms with Crippen molar-refractivity contribution in [3.63, 3.8) is 0 Å². The van der Waals surface area contributed by atoms with Gasteiger partial charge in [0.25, 0.3) is 5.56 Å². The number of guanidine groups is 1. The van der Waals surface area contributed by atoms with Crippen LogP contribution in [0.5, 0.6) is 5.75 Å². The number of likely N-dealkylation sites (N-methyl/N-ethyl adjacent to an activating group) is 1. The first-order valence-electron chi connectivity index (χ1n) is 18.1. The Labute approximate surface area is 293 Å². The van der Waals surface area contributed by atoms with Crippen LogP contribution in [0.3, 0.4) is 0 Å². The summed E-state index contributed by atoms with van der Waals surface area (Å²) in [5.74, 6) is 3.10. The summed E-state index contributed by atoms with van der Waals surface area (Å²) in [5.41, 5.74) is 2.05. The standard InChI is InChI=1S/C38H51FN8O3/c1-23-21-46(22-34(48)40-23)36(42-32-18-26-17-30(24(32)2)38(26,3)4)41-27-8-10-29-33(19-27)43-37(45-15-13-44(5)14-16-45)47(35(29)49)12-11-25-7-9-28(50-6)20-31(25)39/h7-10,19-20,23-24,26,30,32H,11-18,21-22H2,1-6H3,(H,40,48)(H,41,42)/t23-,24+,26-,30-,32-/m0/s1. The lowest BCUT2D eigenvalue weighted by Crippen LogP contribution is -2.58. The molecule has 5 aliphatic rings. The van der Waals surface area contributed by atoms with Gasteiger partial charge in [-0.2, -0.15) is 0 Å². The van der Waals surface area contributed by atoms with Crippen LogP contribution >= 0.6 is 0 Å². The first-order chi connectivity index (χ1) is 23.9. The van der Waals surface area contributed by atoms with Gasteiger partial charge in [0.15, 0.2) is 5.96 Å². The normalized spacial score (nSPS) is 26.8. The van der Waals surface area contributed by atoms with Gasteiger partial charge in [-0.25, -0.2) is 14.4 Å². The quantitative estimate of drug-likeness (QED) is 0.282. The summed E-state index contributed by atoms with van der Waals surface area (Å²) in [6.07, 6.45) is 2.65. The monoisotopic (exact) mass is 686 g/mol. The highest BCUT2D eigenvalue weighted by atomic mass is 19.1. The molecule has 5 atom stereocenters. The number of aliphatic imine (C=N–C) groups is 1. The largest absolute Gasteiger partial charge is 0.497 e. The van der Waals surface area contributed by atoms with E-state index in [4.69, 9.17) is 14.7 Å². The number of carbonyl (C=O) groups excluding carboxylic acids is 1. The Balaban J connectivity index is 1.22. The minimum absolute atomic E-state index is 0.00589. The molecule has 0 radical (unpaired) electrons. The number of aromatic nitrogens is 2. The number of piperazine rings is 2. The van der Waals surface area contributed by atoms with Crippen molar-refractivity contribution in [2.45, 2.75) is 65.6 Å². The lowest BCUT2D eigenvalue weighted by molar-refractivity contribution is -0.124. The van der Waals surface area contributed by atoms with Crippen LogP contribution in [0, 0.1) is 29.0 Å². The fourth-order valence-electron chi connectivity index (χ4n) is 8.69. The van der Waals surface area contributed by atoms with E-state index in [0.717, 1.165) is 38.3 Å². The van der Waals surface area contributed by atoms with Crippen LogP contribution in [0.2, 0.25) is 0 Å². The number of hydrogen-bond acceptors (Lipinski definition) is 7. The van der Waals surface area contributed by atoms with Gasteiger partial charge in [0.1, 0.15) is 11.6 Å². The number of methoxy groups -OCH3 is 1. The summed E-state index contributed by atoms with van der Waals surface area (Å²) in [6.45, 7) is 13.4. The molecule has 3 aliphatic carbocycles. The molecule has 1 amide bonds. The van der Waals surface area contributed by atoms with Crippen molar-refractivity contribution in [3.05, 3.63) is 58.1 Å². The van der Waals surface area contributed by atoms with Crippen LogP contribution in [0.25, 0.3) is 10.9 Å². The smallest absolute Gasteiger partial charge is 0.262 e. The molecule has 2 N–H and O–H groups in total. The minimum Gasteiger partial charge on any atom is -0.497 e. The number of halogens is 1. The van der Waals surface area contributed by atoms with E-state index >= 15 is 0 Å². The predicted octanol–water partition coefficient (Wildman–Crippen LogP) is 4.20. The van der Waals surface area contributed by atoms with E-state index in [0.29, 0.717) is 70.3 Å². The zero-order chi connectivity index (χ0) is 35.3. The van der Waals surface area contributed by atoms with Crippen LogP contribution in [0.1, 0.15) is 46.1 Å². The molecule has 2 aromatic carbocycles. The zero-order valence-electron chi connectivity index (χ0n) is 30.2. The highest BCUT2D eigenvalue weighted by Gasteiger charge is 2.56. The van der Waals surface area contributed by atoms with E-state index in [1.54, 1.807) is 16.7 Å². The van der Waals surface area contributed by atoms with Crippen LogP contribution in [0.15, 0.2) is 46.2 Å². The second-order valence-electron chi connectivity index (χ2n) is 15.5. The Morgan fingerprint density at radius 3 is 2.56 bits per heavy atom. The van der Waals surface area contributed by atoms with Crippen molar-refractivity contribution in [1.29, 1.82) is 0 Å². The molecule has 268 valence electrons. The fraction of sp³-hybridized carbons (Fsp3) is 0.579. The predicted molar refractivity (Wildman–Crippen MR) is 196 cm³/mol. The molecule has 12 heteroatoms. The van der Waals surface area contributed by atoms with Gasteiger partial charge in [0, 0.05) is 57.1 Å². The van der Waals surface area contributed by atoms with E-state index in [-0.39, 0.29) is 42.5 Å². The molecule has 0 spiro atoms. The van der Waals surface area contributed by atoms with Gasteiger partial charge >= 0.3 is 0 Å². The van der Waals surface area contributed by atoms with Crippen LogP contribution in [-0.2, 0) is 17.8 Å². The highest BCUT2D eigenvalue weighted by Crippen LogP contribution is 2.61. The van der Waals surface area contributed by atoms with Crippen molar-refractivity contribution in [2.75, 3.05) is 63.6 Å². The molecule has 3 saturated carbocycles. The molecule has 2 aliphatic heterocycles. The van der Waals surface area contributed by atoms with Gasteiger partial charge in [-0.05, 0) is 86.2 Å². The Bertz CT molecular complexity index is 1850. The van der Waals surface area contributed by atoms with Gasteiger partial charge in [-0.1, -0.05) is 26.8 Å². The molecule has 3 heterocycles. The van der Waals surface area contributed by atoms with Gasteiger partial charge < -0.3 is 30.1 Å². The summed E-state index contributed by atoms with van der Waals surface area (Å²) in [5, 5.41) is 7.10. The van der Waals surface area contributed by atoms with Crippen molar-refractivity contribution in [1.82, 2.24) is 24.7 Å². The third-order valence-corrected chi connectivity index (χ3v) is 12.0. The fourth-order valence-corrected chi connectivity index (χ4v) is 8.69. The summed E-state index contributed by atoms with van der Waals surface area (Å²) in [6, 6.07) is 10.6. The van der Waals surface area contributed by atoms with Crippen molar-refractivity contribution in [2.24, 2.45) is 28.2 Å². The summed E-state index contributed by atoms with van der Waals surface area (Å²) >= 11 is 0. The number of amides is 1. The topological polar surface area (TPSA) is 107 Å². The average Bonchev–Trinajstić information content (AvgIpc) is 3.08. The second-order valence-corrected chi connectivity index (χ2v) is 15.5. The van der Waals surface area contributed by atoms with Crippen molar-refractivity contribution < 1.29 is 13.9 Å². The number of fused-ring (bicyclic) bond motifs is 3. The highest BCUT2D eigenvalue weighted by molar-refractivity contribution is 5.98. The van der Waals surface area contributed by atoms with Gasteiger partial charge in [0.2, 0.25) is 11.9 Å². The van der Waals surface area contributed by atoms with Crippen LogP contribution < -0.4 is 25.8 Å². The third-order valence-electron chi connectivity index (χ3n) is 12.0. The number of rotatable bonds is 7. The number of ether oxygens (including phenoxy) is 1. The number of aryl methyl sites for hydroxylation is 1. The number of carbonyl (C=O) groups is 1. The number of hydrogen-bond donors (Lipinski definition) is 2. The zero-order valence-corrected chi connectivity index (χ0v) is 30.2. The second kappa shape index (κ2) is 13.5. The maximum absolute atomic E-state index is 14.9. The van der Waals surface area contributed by atoms with Crippen LogP contribution in [-0.4, -0.2) is 96.7 Å². The lowest BCUT2D eigenvalue weighted by atomic mass is 9.45. The van der Waals surface area contributed by atoms with Crippen molar-refractivity contribution in [3.8, 4) is 5.75 Å². The Kier molecular flexibility index (Phi) is 9.25. The first kappa shape index (κ1) is 34.3. The Hall–Kier alpha value is -4.19. The van der Waals surface area contributed by atoms with Crippen LogP contribution in [0.4, 0.5) is 16.0 Å². The summed E-state index contributed by atoms with van der Waals surface area (Å²) in [4.78, 5) is 43.8. The summed E-state index contributed by atoms with van der Waals surface area (Å²) < 4.78 is 21.8. The molecular formula is C38H51FN8O3. The molecule has 3 aromatic rings. The minimum atomic E-state index is -0.357. The van der Waals surface area contributed by atoms with E-state index in [1.807, 2.05) is 30.0 Å². The molecule has 2 saturated heterocycles. The maximum Gasteiger partial charge on any atom is 0.262 e. The van der Waals surface area contributed by atoms with E-state index in [9.17, 15) is 14.0 Å². The summed E-state index contributed by atoms with van der Waals surface area (Å²) in [7, 11) is 3.60. The molecular weight excluding hydrogens is 635 g/mol. The SMILES string of the molecule is COc1ccc(CCn2c(N3CCN(C)CC3)nc3cc(NC(=N[C@H]4C[C@@H]5C[C@@H]([C@H]4C)C5(C)C)N4CC(=O)N[C@@H](C)C4)ccc3c2=O)c(F)c1. The number of nitrogens with one attached hydrogen (secondary N) is 2. The van der Waals surface area contributed by atoms with Gasteiger partial charge in [0.05, 0.1) is 30.6 Å². The third kappa shape index (κ3) is 6.54. The number of nitrogens with zero attached hydrogens (tertiary/aromatic N) is 6. The number of anilines is 2. The first-order valence-corrected chi connectivity index (χ1v) is 18.1. The van der Waals surface area contributed by atoms with Crippen molar-refractivity contribution >= 4 is 34.4 Å². The molecule has 5 fully saturated rings. The molecule has 1 aromatic heterocycles. The van der Waals surface area contributed by atoms with E-state index in [2.05, 4.69) is 48.3 Å². The molecule has 8 rings (SSSR count). The Morgan fingerprint density at radius 2 is 1.88 bits per heavy atom. The molecule has 50 heavy (non-hydrogen) atoms. The van der Waals surface area contributed by atoms with Gasteiger partial charge in [-0.15, -0.1) is 0 Å². The molecule has 2 bridgehead atoms. The van der Waals surface area contributed by atoms with E-state index < -0.39 is 0 Å². The Morgan fingerprint density at radius 1 is 1.10 bits per heavy atom. The van der Waals surface area contributed by atoms with Gasteiger partial charge in [-0.3, -0.25) is 14.2 Å². The maximum atomic E-state index is 14.9. The van der Waals surface area contributed by atoms with E-state index in [1.165, 1.54) is 19.6 Å². The number of benzene rings is 2. The molecule has 11 nitrogen and oxygen atoms in total.